The Morgan fingerprint density at radius 3 is 2.26 bits per heavy atom. The molecule has 0 spiro atoms. The number of ether oxygens (including phenoxy) is 2. The second kappa shape index (κ2) is 10.3. The highest BCUT2D eigenvalue weighted by atomic mass is 32.2. The largest absolute Gasteiger partial charge is 0.457 e. The van der Waals surface area contributed by atoms with Crippen molar-refractivity contribution >= 4 is 39.1 Å². The monoisotopic (exact) mass is 535 g/mol. The molecule has 10 nitrogen and oxygen atoms in total. The van der Waals surface area contributed by atoms with Crippen molar-refractivity contribution in [3.05, 3.63) is 77.9 Å². The minimum Gasteiger partial charge on any atom is -0.457 e. The second-order valence-electron chi connectivity index (χ2n) is 9.00. The van der Waals surface area contributed by atoms with E-state index in [2.05, 4.69) is 10.0 Å². The average molecular weight is 536 g/mol. The summed E-state index contributed by atoms with van der Waals surface area (Å²) in [4.78, 5) is 38.0. The van der Waals surface area contributed by atoms with Gasteiger partial charge in [0, 0.05) is 24.9 Å². The highest BCUT2D eigenvalue weighted by molar-refractivity contribution is 7.92. The van der Waals surface area contributed by atoms with Crippen molar-refractivity contribution < 1.29 is 32.3 Å². The lowest BCUT2D eigenvalue weighted by atomic mass is 10.1. The standard InChI is InChI=1S/C27H25N3O7S/c1-17(31)28-18-6-11-23(12-7-18)38(34,35)29-19-4-8-20(9-5-19)37-21-10-13-24-25(15-21)27(33)30(26(24)32)16-22-3-2-14-36-22/h4-13,15,22,29H,2-3,14,16H2,1H3,(H,28,31). The van der Waals surface area contributed by atoms with E-state index in [0.717, 1.165) is 12.8 Å². The maximum Gasteiger partial charge on any atom is 0.261 e. The third kappa shape index (κ3) is 5.38. The van der Waals surface area contributed by atoms with E-state index in [9.17, 15) is 22.8 Å². The number of carbonyl (C=O) groups is 3. The van der Waals surface area contributed by atoms with Crippen molar-refractivity contribution in [3.8, 4) is 11.5 Å². The minimum absolute atomic E-state index is 0.0396. The molecule has 2 aliphatic rings. The first kappa shape index (κ1) is 25.4. The van der Waals surface area contributed by atoms with Gasteiger partial charge in [-0.2, -0.15) is 0 Å². The minimum atomic E-state index is -3.85. The van der Waals surface area contributed by atoms with Crippen LogP contribution in [-0.4, -0.2) is 50.3 Å². The summed E-state index contributed by atoms with van der Waals surface area (Å²) < 4.78 is 39.3. The van der Waals surface area contributed by atoms with Crippen molar-refractivity contribution in [2.75, 3.05) is 23.2 Å². The van der Waals surface area contributed by atoms with Gasteiger partial charge in [0.25, 0.3) is 21.8 Å². The Morgan fingerprint density at radius 2 is 1.61 bits per heavy atom. The summed E-state index contributed by atoms with van der Waals surface area (Å²) in [6.45, 7) is 2.24. The Labute approximate surface area is 219 Å². The fourth-order valence-electron chi connectivity index (χ4n) is 4.35. The molecular formula is C27H25N3O7S. The van der Waals surface area contributed by atoms with Crippen LogP contribution >= 0.6 is 0 Å². The molecule has 1 atom stereocenters. The molecule has 0 radical (unpaired) electrons. The molecule has 2 heterocycles. The van der Waals surface area contributed by atoms with E-state index in [0.29, 0.717) is 35.0 Å². The maximum absolute atomic E-state index is 12.9. The molecule has 3 aromatic rings. The van der Waals surface area contributed by atoms with Crippen molar-refractivity contribution in [1.29, 1.82) is 0 Å². The number of imide groups is 1. The van der Waals surface area contributed by atoms with E-state index in [1.807, 2.05) is 0 Å². The summed E-state index contributed by atoms with van der Waals surface area (Å²) in [5.74, 6) is -0.177. The molecule has 0 aromatic heterocycles. The first-order valence-corrected chi connectivity index (χ1v) is 13.5. The van der Waals surface area contributed by atoms with Crippen LogP contribution in [-0.2, 0) is 19.6 Å². The van der Waals surface area contributed by atoms with Crippen molar-refractivity contribution in [1.82, 2.24) is 4.90 Å². The molecule has 0 saturated carbocycles. The Balaban J connectivity index is 1.24. The van der Waals surface area contributed by atoms with Crippen LogP contribution < -0.4 is 14.8 Å². The van der Waals surface area contributed by atoms with Gasteiger partial charge in [0.05, 0.1) is 28.7 Å². The summed E-state index contributed by atoms with van der Waals surface area (Å²) in [6.07, 6.45) is 1.60. The Kier molecular flexibility index (Phi) is 6.87. The van der Waals surface area contributed by atoms with E-state index in [4.69, 9.17) is 9.47 Å². The predicted octanol–water partition coefficient (Wildman–Crippen LogP) is 4.01. The van der Waals surface area contributed by atoms with Crippen LogP contribution in [0.25, 0.3) is 0 Å². The maximum atomic E-state index is 12.9. The zero-order chi connectivity index (χ0) is 26.9. The molecule has 3 aromatic carbocycles. The average Bonchev–Trinajstić information content (AvgIpc) is 3.48. The van der Waals surface area contributed by atoms with Crippen LogP contribution in [0.15, 0.2) is 71.6 Å². The molecule has 11 heteroatoms. The molecule has 1 saturated heterocycles. The van der Waals surface area contributed by atoms with Crippen LogP contribution in [0.2, 0.25) is 0 Å². The van der Waals surface area contributed by atoms with Gasteiger partial charge in [-0.3, -0.25) is 24.0 Å². The number of nitrogens with zero attached hydrogens (tertiary/aromatic N) is 1. The number of sulfonamides is 1. The topological polar surface area (TPSA) is 131 Å². The molecule has 1 fully saturated rings. The lowest BCUT2D eigenvalue weighted by molar-refractivity contribution is -0.114. The second-order valence-corrected chi connectivity index (χ2v) is 10.7. The van der Waals surface area contributed by atoms with Crippen LogP contribution in [0.4, 0.5) is 11.4 Å². The van der Waals surface area contributed by atoms with Crippen molar-refractivity contribution in [3.63, 3.8) is 0 Å². The zero-order valence-electron chi connectivity index (χ0n) is 20.5. The molecular weight excluding hydrogens is 510 g/mol. The first-order valence-electron chi connectivity index (χ1n) is 12.0. The van der Waals surface area contributed by atoms with Gasteiger partial charge in [0.15, 0.2) is 0 Å². The van der Waals surface area contributed by atoms with E-state index in [-0.39, 0.29) is 40.8 Å². The fourth-order valence-corrected chi connectivity index (χ4v) is 5.41. The van der Waals surface area contributed by atoms with Gasteiger partial charge in [-0.15, -0.1) is 0 Å². The van der Waals surface area contributed by atoms with E-state index >= 15 is 0 Å². The molecule has 1 unspecified atom stereocenters. The van der Waals surface area contributed by atoms with Crippen LogP contribution in [0.5, 0.6) is 11.5 Å². The first-order chi connectivity index (χ1) is 18.2. The van der Waals surface area contributed by atoms with Gasteiger partial charge in [0.1, 0.15) is 11.5 Å². The smallest absolute Gasteiger partial charge is 0.261 e. The van der Waals surface area contributed by atoms with Crippen molar-refractivity contribution in [2.45, 2.75) is 30.8 Å². The number of nitrogens with one attached hydrogen (secondary N) is 2. The molecule has 2 aliphatic heterocycles. The summed E-state index contributed by atoms with van der Waals surface area (Å²) in [5, 5.41) is 2.58. The highest BCUT2D eigenvalue weighted by Crippen LogP contribution is 2.31. The summed E-state index contributed by atoms with van der Waals surface area (Å²) in [6, 6.07) is 16.8. The normalized spacial score (nSPS) is 16.9. The lowest BCUT2D eigenvalue weighted by Gasteiger charge is -2.17. The quantitative estimate of drug-likeness (QED) is 0.417. The van der Waals surface area contributed by atoms with E-state index in [1.54, 1.807) is 36.4 Å². The number of hydrogen-bond donors (Lipinski definition) is 2. The van der Waals surface area contributed by atoms with Gasteiger partial charge in [0.2, 0.25) is 5.91 Å². The molecule has 3 amide bonds. The molecule has 0 bridgehead atoms. The summed E-state index contributed by atoms with van der Waals surface area (Å²) >= 11 is 0. The van der Waals surface area contributed by atoms with Gasteiger partial charge in [-0.05, 0) is 79.6 Å². The molecule has 5 rings (SSSR count). The number of anilines is 2. The van der Waals surface area contributed by atoms with Crippen molar-refractivity contribution in [2.24, 2.45) is 0 Å². The fraction of sp³-hybridized carbons (Fsp3) is 0.222. The third-order valence-electron chi connectivity index (χ3n) is 6.18. The number of carbonyl (C=O) groups excluding carboxylic acids is 3. The van der Waals surface area contributed by atoms with Gasteiger partial charge in [-0.1, -0.05) is 0 Å². The summed E-state index contributed by atoms with van der Waals surface area (Å²) in [7, 11) is -3.85. The number of rotatable bonds is 8. The predicted molar refractivity (Wildman–Crippen MR) is 139 cm³/mol. The molecule has 196 valence electrons. The highest BCUT2D eigenvalue weighted by Gasteiger charge is 2.37. The van der Waals surface area contributed by atoms with Crippen LogP contribution in [0.1, 0.15) is 40.5 Å². The molecule has 38 heavy (non-hydrogen) atoms. The zero-order valence-corrected chi connectivity index (χ0v) is 21.3. The molecule has 2 N–H and O–H groups in total. The van der Waals surface area contributed by atoms with Crippen LogP contribution in [0, 0.1) is 0 Å². The van der Waals surface area contributed by atoms with Gasteiger partial charge >= 0.3 is 0 Å². The van der Waals surface area contributed by atoms with Gasteiger partial charge in [-0.25, -0.2) is 8.42 Å². The lowest BCUT2D eigenvalue weighted by Crippen LogP contribution is -2.36. The molecule has 0 aliphatic carbocycles. The number of benzene rings is 3. The Morgan fingerprint density at radius 1 is 0.947 bits per heavy atom. The number of hydrogen-bond acceptors (Lipinski definition) is 7. The summed E-state index contributed by atoms with van der Waals surface area (Å²) in [5.41, 5.74) is 1.42. The van der Waals surface area contributed by atoms with Crippen LogP contribution in [0.3, 0.4) is 0 Å². The number of fused-ring (bicyclic) bond motifs is 1. The Hall–Kier alpha value is -4.22. The van der Waals surface area contributed by atoms with Gasteiger partial charge < -0.3 is 14.8 Å². The Bertz CT molecular complexity index is 1500. The number of amides is 3. The van der Waals surface area contributed by atoms with E-state index in [1.165, 1.54) is 42.2 Å². The SMILES string of the molecule is CC(=O)Nc1ccc(S(=O)(=O)Nc2ccc(Oc3ccc4c(c3)C(=O)N(CC3CCCO3)C4=O)cc2)cc1. The third-order valence-corrected chi connectivity index (χ3v) is 7.58. The van der Waals surface area contributed by atoms with E-state index < -0.39 is 10.0 Å².